The maximum Gasteiger partial charge on any atom is 0.148 e. The van der Waals surface area contributed by atoms with Crippen molar-refractivity contribution in [2.45, 2.75) is 120 Å². The van der Waals surface area contributed by atoms with Crippen molar-refractivity contribution in [3.63, 3.8) is 0 Å². The van der Waals surface area contributed by atoms with Crippen LogP contribution in [0.3, 0.4) is 0 Å². The number of alkyl halides is 1. The number of allylic oxidation sites excluding steroid dienone is 7. The zero-order chi connectivity index (χ0) is 38.9. The highest BCUT2D eigenvalue weighted by Crippen LogP contribution is 2.09. The number of ether oxygens (including phenoxy) is 2. The van der Waals surface area contributed by atoms with Crippen LogP contribution in [0.5, 0.6) is 0 Å². The zero-order valence-electron chi connectivity index (χ0n) is 34.0. The smallest absolute Gasteiger partial charge is 0.148 e. The maximum absolute atomic E-state index is 5.95. The first-order valence-electron chi connectivity index (χ1n) is 18.2. The molecule has 0 spiro atoms. The van der Waals surface area contributed by atoms with Crippen LogP contribution in [0.1, 0.15) is 114 Å². The van der Waals surface area contributed by atoms with Gasteiger partial charge in [0, 0.05) is 28.7 Å². The Morgan fingerprint density at radius 3 is 1.84 bits per heavy atom. The molecule has 0 fully saturated rings. The first-order valence-corrected chi connectivity index (χ1v) is 19.2. The van der Waals surface area contributed by atoms with Crippen LogP contribution in [-0.2, 0) is 15.9 Å². The Bertz CT molecular complexity index is 990. The van der Waals surface area contributed by atoms with E-state index in [4.69, 9.17) is 15.9 Å². The largest absolute Gasteiger partial charge is 0.498 e. The van der Waals surface area contributed by atoms with E-state index in [9.17, 15) is 0 Å². The predicted molar refractivity (Wildman–Crippen MR) is 228 cm³/mol. The lowest BCUT2D eigenvalue weighted by atomic mass is 10.1. The second kappa shape index (κ2) is 45.1. The van der Waals surface area contributed by atoms with Crippen LogP contribution in [0.2, 0.25) is 0 Å². The average Bonchev–Trinajstić information content (AvgIpc) is 3.12. The highest BCUT2D eigenvalue weighted by Gasteiger charge is 2.11. The van der Waals surface area contributed by atoms with E-state index < -0.39 is 0 Å². The molecule has 2 unspecified atom stereocenters. The quantitative estimate of drug-likeness (QED) is 0.0503. The fourth-order valence-electron chi connectivity index (χ4n) is 3.42. The molecule has 0 amide bonds. The van der Waals surface area contributed by atoms with Gasteiger partial charge in [0.1, 0.15) is 6.61 Å². The zero-order valence-corrected chi connectivity index (χ0v) is 35.6. The molecule has 5 heteroatoms. The summed E-state index contributed by atoms with van der Waals surface area (Å²) in [6.07, 6.45) is 18.6. The van der Waals surface area contributed by atoms with Gasteiger partial charge in [0.2, 0.25) is 0 Å². The highest BCUT2D eigenvalue weighted by molar-refractivity contribution is 9.09. The lowest BCUT2D eigenvalue weighted by Gasteiger charge is -2.25. The third-order valence-corrected chi connectivity index (χ3v) is 6.34. The van der Waals surface area contributed by atoms with Gasteiger partial charge in [-0.25, -0.2) is 0 Å². The topological polar surface area (TPSA) is 33.7 Å². The van der Waals surface area contributed by atoms with Crippen LogP contribution in [0, 0.1) is 18.3 Å². The fourth-order valence-corrected chi connectivity index (χ4v) is 3.42. The number of nitrogens with one attached hydrogen (secondary N) is 1. The van der Waals surface area contributed by atoms with Crippen LogP contribution < -0.4 is 5.32 Å². The minimum atomic E-state index is 0.329. The Morgan fingerprint density at radius 1 is 0.918 bits per heavy atom. The summed E-state index contributed by atoms with van der Waals surface area (Å²) in [7, 11) is 0. The summed E-state index contributed by atoms with van der Waals surface area (Å²) in [5, 5.41) is 3.26. The van der Waals surface area contributed by atoms with Crippen LogP contribution in [0.25, 0.3) is 0 Å². The third-order valence-electron chi connectivity index (χ3n) is 5.97. The van der Waals surface area contributed by atoms with Crippen molar-refractivity contribution >= 4 is 15.9 Å². The van der Waals surface area contributed by atoms with Crippen molar-refractivity contribution in [2.24, 2.45) is 5.92 Å². The third kappa shape index (κ3) is 47.2. The molecule has 0 heterocycles. The van der Waals surface area contributed by atoms with Gasteiger partial charge in [0.15, 0.2) is 0 Å². The van der Waals surface area contributed by atoms with Gasteiger partial charge >= 0.3 is 0 Å². The Morgan fingerprint density at radius 2 is 1.49 bits per heavy atom. The molecule has 0 aliphatic rings. The molecule has 0 aromatic heterocycles. The van der Waals surface area contributed by atoms with Gasteiger partial charge in [-0.1, -0.05) is 139 Å². The van der Waals surface area contributed by atoms with Crippen LogP contribution in [0.4, 0.5) is 0 Å². The van der Waals surface area contributed by atoms with Gasteiger partial charge in [-0.2, -0.15) is 0 Å². The summed E-state index contributed by atoms with van der Waals surface area (Å²) in [5.41, 5.74) is 3.51. The van der Waals surface area contributed by atoms with Gasteiger partial charge in [-0.3, -0.25) is 0 Å². The minimum Gasteiger partial charge on any atom is -0.498 e. The van der Waals surface area contributed by atoms with Crippen LogP contribution >= 0.6 is 15.9 Å². The second-order valence-corrected chi connectivity index (χ2v) is 12.1. The SMILES string of the molecule is C#CCOC(=C)C.C=CC(C)Br.C=CC(CO/C(C)=C/C=C(\CC)NC(=C)C)CN(CCC)CCCC.CC.CC.CCc1ccccc1. The Kier molecular flexibility index (Phi) is 51.0. The van der Waals surface area contributed by atoms with Crippen molar-refractivity contribution in [3.05, 3.63) is 109 Å². The second-order valence-electron chi connectivity index (χ2n) is 10.6. The van der Waals surface area contributed by atoms with Gasteiger partial charge in [0.25, 0.3) is 0 Å². The molecule has 1 rings (SSSR count). The van der Waals surface area contributed by atoms with Crippen molar-refractivity contribution in [1.82, 2.24) is 10.2 Å². The Labute approximate surface area is 315 Å². The van der Waals surface area contributed by atoms with Crippen molar-refractivity contribution in [2.75, 3.05) is 32.8 Å². The fraction of sp³-hybridized carbons (Fsp3) is 0.545. The molecule has 1 aromatic carbocycles. The molecule has 0 aliphatic heterocycles. The highest BCUT2D eigenvalue weighted by atomic mass is 79.9. The summed E-state index contributed by atoms with van der Waals surface area (Å²) >= 11 is 3.26. The van der Waals surface area contributed by atoms with E-state index in [1.165, 1.54) is 31.4 Å². The number of terminal acetylenes is 1. The van der Waals surface area contributed by atoms with E-state index in [1.807, 2.05) is 72.8 Å². The van der Waals surface area contributed by atoms with E-state index in [0.717, 1.165) is 43.1 Å². The molecule has 0 saturated carbocycles. The number of halogens is 1. The van der Waals surface area contributed by atoms with E-state index in [-0.39, 0.29) is 0 Å². The monoisotopic (exact) mass is 745 g/mol. The first-order chi connectivity index (χ1) is 23.4. The molecule has 49 heavy (non-hydrogen) atoms. The summed E-state index contributed by atoms with van der Waals surface area (Å²) in [4.78, 5) is 2.99. The van der Waals surface area contributed by atoms with E-state index in [1.54, 1.807) is 6.92 Å². The number of benzene rings is 1. The molecular weight excluding hydrogens is 668 g/mol. The van der Waals surface area contributed by atoms with E-state index >= 15 is 0 Å². The molecule has 1 aromatic rings. The number of nitrogens with zero attached hydrogens (tertiary/aromatic N) is 1. The molecular formula is C44H77BrN2O2. The molecule has 1 N–H and O–H groups in total. The van der Waals surface area contributed by atoms with E-state index in [0.29, 0.717) is 29.7 Å². The Balaban J connectivity index is -0.000000216. The minimum absolute atomic E-state index is 0.329. The van der Waals surface area contributed by atoms with Crippen molar-refractivity contribution < 1.29 is 9.47 Å². The standard InChI is InChI=1S/C22H40N2O.C8H10.C6H8O.C4H7Br.2C2H6/c1-8-12-16-24(15-9-2)17-21(10-3)18-25-20(7)13-14-22(11-4)23-19(5)6;1-2-8-6-4-3-5-7-8;1-4-5-7-6(2)3;1-3-4(2)5;2*1-2/h10,13-14,21,23H,3,5,8-9,11-12,15-18H2,1-2,4,6-7H3;3-7H,2H2,1H3;1H,2,5H2,3H3;3-4H,1H2,2H3;2*1-2H3/b20-13+,22-14+;;;;;. The number of hydrogen-bond acceptors (Lipinski definition) is 4. The molecule has 0 radical (unpaired) electrons. The van der Waals surface area contributed by atoms with E-state index in [2.05, 4.69) is 116 Å². The summed E-state index contributed by atoms with van der Waals surface area (Å²) in [6, 6.07) is 10.5. The van der Waals surface area contributed by atoms with Gasteiger partial charge in [0.05, 0.1) is 18.1 Å². The summed E-state index contributed by atoms with van der Waals surface area (Å²) in [5.74, 6) is 4.26. The van der Waals surface area contributed by atoms with Crippen molar-refractivity contribution in [1.29, 1.82) is 0 Å². The lowest BCUT2D eigenvalue weighted by molar-refractivity contribution is 0.150. The van der Waals surface area contributed by atoms with Gasteiger partial charge < -0.3 is 19.7 Å². The predicted octanol–water partition coefficient (Wildman–Crippen LogP) is 13.1. The first kappa shape index (κ1) is 55.5. The van der Waals surface area contributed by atoms with Crippen LogP contribution in [0.15, 0.2) is 104 Å². The number of aryl methyl sites for hydroxylation is 1. The van der Waals surface area contributed by atoms with Crippen molar-refractivity contribution in [3.8, 4) is 12.3 Å². The van der Waals surface area contributed by atoms with Gasteiger partial charge in [-0.05, 0) is 84.2 Å². The molecule has 282 valence electrons. The molecule has 0 aliphatic carbocycles. The number of rotatable bonds is 19. The molecule has 0 bridgehead atoms. The summed E-state index contributed by atoms with van der Waals surface area (Å²) < 4.78 is 10.7. The molecule has 0 saturated heterocycles. The summed E-state index contributed by atoms with van der Waals surface area (Å²) in [6.45, 7) is 43.7. The molecule has 2 atom stereocenters. The van der Waals surface area contributed by atoms with Gasteiger partial charge in [-0.15, -0.1) is 19.6 Å². The average molecular weight is 746 g/mol. The lowest BCUT2D eigenvalue weighted by Crippen LogP contribution is -2.32. The van der Waals surface area contributed by atoms with Crippen LogP contribution in [-0.4, -0.2) is 42.6 Å². The Hall–Kier alpha value is -2.94. The normalized spacial score (nSPS) is 11.1. The number of unbranched alkanes of at least 4 members (excludes halogenated alkanes) is 1. The molecule has 4 nitrogen and oxygen atoms in total. The maximum atomic E-state index is 5.95. The number of hydrogen-bond donors (Lipinski definition) is 1.